The number of hydrogen-bond donors (Lipinski definition) is 1. The lowest BCUT2D eigenvalue weighted by Crippen LogP contribution is -2.30. The van der Waals surface area contributed by atoms with E-state index < -0.39 is 0 Å². The summed E-state index contributed by atoms with van der Waals surface area (Å²) in [6.45, 7) is 5.50. The molecule has 17 heavy (non-hydrogen) atoms. The van der Waals surface area contributed by atoms with Crippen molar-refractivity contribution < 1.29 is 4.74 Å². The molecule has 4 heteroatoms. The van der Waals surface area contributed by atoms with Gasteiger partial charge in [-0.2, -0.15) is 0 Å². The van der Waals surface area contributed by atoms with Crippen LogP contribution in [0.25, 0.3) is 11.0 Å². The molecule has 1 aromatic heterocycles. The summed E-state index contributed by atoms with van der Waals surface area (Å²) in [6, 6.07) is 4.28. The monoisotopic (exact) mass is 233 g/mol. The van der Waals surface area contributed by atoms with Crippen molar-refractivity contribution in [1.82, 2.24) is 9.55 Å². The molecule has 0 saturated heterocycles. The molecule has 0 spiro atoms. The SMILES string of the molecule is COCC(N)Cn1cnc2cc(C)c(C)cc21. The Labute approximate surface area is 101 Å². The van der Waals surface area contributed by atoms with Gasteiger partial charge in [-0.05, 0) is 37.1 Å². The lowest BCUT2D eigenvalue weighted by atomic mass is 10.1. The molecule has 0 aliphatic carbocycles. The number of nitrogens with zero attached hydrogens (tertiary/aromatic N) is 2. The molecule has 1 atom stereocenters. The average Bonchev–Trinajstić information content (AvgIpc) is 2.63. The molecule has 1 heterocycles. The predicted molar refractivity (Wildman–Crippen MR) is 69.1 cm³/mol. The maximum atomic E-state index is 5.96. The Morgan fingerprint density at radius 3 is 2.76 bits per heavy atom. The number of aryl methyl sites for hydroxylation is 2. The number of imidazole rings is 1. The molecule has 0 radical (unpaired) electrons. The summed E-state index contributed by atoms with van der Waals surface area (Å²) in [6.07, 6.45) is 1.85. The van der Waals surface area contributed by atoms with Gasteiger partial charge >= 0.3 is 0 Å². The zero-order valence-corrected chi connectivity index (χ0v) is 10.6. The van der Waals surface area contributed by atoms with E-state index >= 15 is 0 Å². The van der Waals surface area contributed by atoms with Crippen LogP contribution in [-0.2, 0) is 11.3 Å². The molecule has 0 amide bonds. The number of methoxy groups -OCH3 is 1. The van der Waals surface area contributed by atoms with Crippen molar-refractivity contribution in [3.05, 3.63) is 29.6 Å². The highest BCUT2D eigenvalue weighted by Gasteiger charge is 2.08. The van der Waals surface area contributed by atoms with E-state index in [1.54, 1.807) is 7.11 Å². The Hall–Kier alpha value is -1.39. The normalized spacial score (nSPS) is 13.2. The smallest absolute Gasteiger partial charge is 0.0958 e. The molecule has 0 aliphatic heterocycles. The molecule has 0 fully saturated rings. The van der Waals surface area contributed by atoms with Crippen LogP contribution in [0.4, 0.5) is 0 Å². The van der Waals surface area contributed by atoms with Crippen LogP contribution in [0.5, 0.6) is 0 Å². The van der Waals surface area contributed by atoms with E-state index in [1.165, 1.54) is 11.1 Å². The Kier molecular flexibility index (Phi) is 3.45. The van der Waals surface area contributed by atoms with Crippen molar-refractivity contribution in [1.29, 1.82) is 0 Å². The first-order valence-electron chi connectivity index (χ1n) is 5.78. The lowest BCUT2D eigenvalue weighted by molar-refractivity contribution is 0.174. The average molecular weight is 233 g/mol. The summed E-state index contributed by atoms with van der Waals surface area (Å²) >= 11 is 0. The van der Waals surface area contributed by atoms with Crippen molar-refractivity contribution >= 4 is 11.0 Å². The molecule has 0 saturated carbocycles. The van der Waals surface area contributed by atoms with Gasteiger partial charge in [-0.25, -0.2) is 4.98 Å². The van der Waals surface area contributed by atoms with Gasteiger partial charge in [0.25, 0.3) is 0 Å². The van der Waals surface area contributed by atoms with Gasteiger partial charge in [0.2, 0.25) is 0 Å². The standard InChI is InChI=1S/C13H19N3O/c1-9-4-12-13(5-10(9)2)16(8-15-12)6-11(14)7-17-3/h4-5,8,11H,6-7,14H2,1-3H3. The van der Waals surface area contributed by atoms with Crippen LogP contribution in [0.2, 0.25) is 0 Å². The van der Waals surface area contributed by atoms with Crippen molar-refractivity contribution in [3.63, 3.8) is 0 Å². The first-order valence-corrected chi connectivity index (χ1v) is 5.78. The van der Waals surface area contributed by atoms with E-state index in [2.05, 4.69) is 35.5 Å². The largest absolute Gasteiger partial charge is 0.383 e. The molecule has 92 valence electrons. The summed E-state index contributed by atoms with van der Waals surface area (Å²) in [5.41, 5.74) is 10.7. The minimum absolute atomic E-state index is 0.000917. The summed E-state index contributed by atoms with van der Waals surface area (Å²) in [4.78, 5) is 4.40. The lowest BCUT2D eigenvalue weighted by Gasteiger charge is -2.12. The zero-order chi connectivity index (χ0) is 12.4. The van der Waals surface area contributed by atoms with Gasteiger partial charge in [0.05, 0.1) is 24.0 Å². The molecule has 0 bridgehead atoms. The number of aromatic nitrogens is 2. The molecule has 4 nitrogen and oxygen atoms in total. The third kappa shape index (κ3) is 2.48. The molecule has 0 aliphatic rings. The number of nitrogens with two attached hydrogens (primary N) is 1. The summed E-state index contributed by atoms with van der Waals surface area (Å²) in [5.74, 6) is 0. The number of ether oxygens (including phenoxy) is 1. The van der Waals surface area contributed by atoms with Crippen LogP contribution in [0.1, 0.15) is 11.1 Å². The Morgan fingerprint density at radius 1 is 1.35 bits per heavy atom. The van der Waals surface area contributed by atoms with Crippen molar-refractivity contribution in [2.45, 2.75) is 26.4 Å². The van der Waals surface area contributed by atoms with Gasteiger partial charge in [0.1, 0.15) is 0 Å². The second kappa shape index (κ2) is 4.85. The quantitative estimate of drug-likeness (QED) is 0.873. The van der Waals surface area contributed by atoms with Gasteiger partial charge in [-0.15, -0.1) is 0 Å². The number of hydrogen-bond acceptors (Lipinski definition) is 3. The van der Waals surface area contributed by atoms with Crippen LogP contribution in [0.3, 0.4) is 0 Å². The molecule has 2 N–H and O–H groups in total. The highest BCUT2D eigenvalue weighted by atomic mass is 16.5. The maximum Gasteiger partial charge on any atom is 0.0958 e. The number of rotatable bonds is 4. The summed E-state index contributed by atoms with van der Waals surface area (Å²) in [7, 11) is 1.67. The first kappa shape index (κ1) is 12.1. The second-order valence-corrected chi connectivity index (χ2v) is 4.54. The third-order valence-corrected chi connectivity index (χ3v) is 3.05. The van der Waals surface area contributed by atoms with E-state index in [0.29, 0.717) is 6.61 Å². The topological polar surface area (TPSA) is 53.1 Å². The van der Waals surface area contributed by atoms with E-state index in [-0.39, 0.29) is 6.04 Å². The summed E-state index contributed by atoms with van der Waals surface area (Å²) in [5, 5.41) is 0. The number of fused-ring (bicyclic) bond motifs is 1. The predicted octanol–water partition coefficient (Wildman–Crippen LogP) is 1.63. The van der Waals surface area contributed by atoms with E-state index in [9.17, 15) is 0 Å². The first-order chi connectivity index (χ1) is 8.11. The fraction of sp³-hybridized carbons (Fsp3) is 0.462. The third-order valence-electron chi connectivity index (χ3n) is 3.05. The van der Waals surface area contributed by atoms with Crippen molar-refractivity contribution in [3.8, 4) is 0 Å². The van der Waals surface area contributed by atoms with Crippen LogP contribution in [0.15, 0.2) is 18.5 Å². The van der Waals surface area contributed by atoms with Gasteiger partial charge in [-0.1, -0.05) is 0 Å². The van der Waals surface area contributed by atoms with Crippen molar-refractivity contribution in [2.75, 3.05) is 13.7 Å². The van der Waals surface area contributed by atoms with E-state index in [0.717, 1.165) is 17.6 Å². The molecule has 2 rings (SSSR count). The van der Waals surface area contributed by atoms with Crippen LogP contribution >= 0.6 is 0 Å². The molecule has 2 aromatic rings. The minimum atomic E-state index is -0.000917. The molecular weight excluding hydrogens is 214 g/mol. The summed E-state index contributed by atoms with van der Waals surface area (Å²) < 4.78 is 7.14. The van der Waals surface area contributed by atoms with Crippen LogP contribution < -0.4 is 5.73 Å². The Balaban J connectivity index is 2.32. The van der Waals surface area contributed by atoms with Crippen molar-refractivity contribution in [2.24, 2.45) is 5.73 Å². The second-order valence-electron chi connectivity index (χ2n) is 4.54. The van der Waals surface area contributed by atoms with Gasteiger partial charge in [-0.3, -0.25) is 0 Å². The van der Waals surface area contributed by atoms with Crippen LogP contribution in [-0.4, -0.2) is 29.3 Å². The van der Waals surface area contributed by atoms with Crippen LogP contribution in [0, 0.1) is 13.8 Å². The number of benzene rings is 1. The molecule has 1 unspecified atom stereocenters. The van der Waals surface area contributed by atoms with E-state index in [1.807, 2.05) is 6.33 Å². The minimum Gasteiger partial charge on any atom is -0.383 e. The van der Waals surface area contributed by atoms with Gasteiger partial charge < -0.3 is 15.0 Å². The fourth-order valence-corrected chi connectivity index (χ4v) is 1.98. The Morgan fingerprint density at radius 2 is 2.06 bits per heavy atom. The highest BCUT2D eigenvalue weighted by molar-refractivity contribution is 5.77. The molecule has 1 aromatic carbocycles. The van der Waals surface area contributed by atoms with E-state index in [4.69, 9.17) is 10.5 Å². The highest BCUT2D eigenvalue weighted by Crippen LogP contribution is 2.18. The maximum absolute atomic E-state index is 5.96. The van der Waals surface area contributed by atoms with Gasteiger partial charge in [0, 0.05) is 19.7 Å². The fourth-order valence-electron chi connectivity index (χ4n) is 1.98. The zero-order valence-electron chi connectivity index (χ0n) is 10.6. The van der Waals surface area contributed by atoms with Gasteiger partial charge in [0.15, 0.2) is 0 Å². The molecular formula is C13H19N3O. The Bertz CT molecular complexity index is 519.